The fourth-order valence-corrected chi connectivity index (χ4v) is 2.69. The highest BCUT2D eigenvalue weighted by Gasteiger charge is 2.52. The van der Waals surface area contributed by atoms with Crippen molar-refractivity contribution in [2.45, 2.75) is 44.6 Å². The summed E-state index contributed by atoms with van der Waals surface area (Å²) >= 11 is 5.97. The Hall–Kier alpha value is -2.08. The first-order valence-electron chi connectivity index (χ1n) is 7.09. The minimum Gasteiger partial charge on any atom is -0.481 e. The number of carbonyl (C=O) groups excluding carboxylic acids is 2. The van der Waals surface area contributed by atoms with Crippen LogP contribution in [-0.4, -0.2) is 28.6 Å². The first-order chi connectivity index (χ1) is 10.5. The number of amides is 1. The van der Waals surface area contributed by atoms with Crippen molar-refractivity contribution in [1.82, 2.24) is 0 Å². The largest absolute Gasteiger partial charge is 0.481 e. The zero-order valence-corrected chi connectivity index (χ0v) is 13.9. The predicted molar refractivity (Wildman–Crippen MR) is 84.9 cm³/mol. The first kappa shape index (κ1) is 17.3. The minimum atomic E-state index is -1.35. The van der Waals surface area contributed by atoms with Gasteiger partial charge in [0.1, 0.15) is 16.8 Å². The van der Waals surface area contributed by atoms with Crippen LogP contribution in [0.2, 0.25) is 5.02 Å². The number of halogens is 1. The monoisotopic (exact) mass is 339 g/mol. The number of ether oxygens (including phenoxy) is 1. The Kier molecular flexibility index (Phi) is 4.39. The Morgan fingerprint density at radius 3 is 2.39 bits per heavy atom. The second-order valence-electron chi connectivity index (χ2n) is 6.60. The molecule has 1 aromatic carbocycles. The highest BCUT2D eigenvalue weighted by atomic mass is 35.5. The van der Waals surface area contributed by atoms with Gasteiger partial charge in [-0.25, -0.2) is 4.79 Å². The van der Waals surface area contributed by atoms with Crippen LogP contribution in [0, 0.1) is 0 Å². The average molecular weight is 340 g/mol. The summed E-state index contributed by atoms with van der Waals surface area (Å²) in [5.74, 6) is -1.26. The van der Waals surface area contributed by atoms with Gasteiger partial charge in [-0.1, -0.05) is 11.6 Å². The topological polar surface area (TPSA) is 92.7 Å². The van der Waals surface area contributed by atoms with Gasteiger partial charge in [-0.15, -0.1) is 0 Å². The average Bonchev–Trinajstić information content (AvgIpc) is 2.34. The second-order valence-corrected chi connectivity index (χ2v) is 7.03. The quantitative estimate of drug-likeness (QED) is 0.880. The molecule has 0 radical (unpaired) electrons. The summed E-state index contributed by atoms with van der Waals surface area (Å²) in [6.07, 6.45) is -0.940. The van der Waals surface area contributed by atoms with E-state index in [0.717, 1.165) is 0 Å². The molecule has 1 fully saturated rings. The van der Waals surface area contributed by atoms with Gasteiger partial charge >= 0.3 is 12.1 Å². The van der Waals surface area contributed by atoms with E-state index in [1.165, 1.54) is 18.2 Å². The number of benzene rings is 1. The van der Waals surface area contributed by atoms with Crippen molar-refractivity contribution < 1.29 is 24.2 Å². The molecular formula is C16H18ClNO5. The molecule has 0 unspecified atom stereocenters. The zero-order valence-electron chi connectivity index (χ0n) is 13.1. The van der Waals surface area contributed by atoms with E-state index in [4.69, 9.17) is 16.3 Å². The van der Waals surface area contributed by atoms with Gasteiger partial charge in [0, 0.05) is 23.6 Å². The third-order valence-electron chi connectivity index (χ3n) is 3.54. The molecule has 1 aliphatic rings. The van der Waals surface area contributed by atoms with Crippen LogP contribution < -0.4 is 5.32 Å². The van der Waals surface area contributed by atoms with Gasteiger partial charge in [-0.05, 0) is 44.5 Å². The molecular weight excluding hydrogens is 322 g/mol. The molecule has 0 bridgehead atoms. The van der Waals surface area contributed by atoms with E-state index >= 15 is 0 Å². The molecule has 2 rings (SSSR count). The Bertz CT molecular complexity index is 670. The lowest BCUT2D eigenvalue weighted by Crippen LogP contribution is -2.48. The fraction of sp³-hybridized carbons (Fsp3) is 0.438. The molecule has 0 heterocycles. The van der Waals surface area contributed by atoms with Crippen molar-refractivity contribution in [3.8, 4) is 0 Å². The second kappa shape index (κ2) is 5.85. The number of nitrogens with one attached hydrogen (secondary N) is 1. The van der Waals surface area contributed by atoms with E-state index in [1.807, 2.05) is 0 Å². The lowest BCUT2D eigenvalue weighted by atomic mass is 9.63. The third kappa shape index (κ3) is 3.64. The Balaban J connectivity index is 2.37. The molecule has 0 atom stereocenters. The number of rotatable bonds is 3. The summed E-state index contributed by atoms with van der Waals surface area (Å²) in [6.45, 7) is 5.16. The van der Waals surface area contributed by atoms with Crippen LogP contribution in [0.15, 0.2) is 18.2 Å². The molecule has 124 valence electrons. The summed E-state index contributed by atoms with van der Waals surface area (Å²) in [4.78, 5) is 35.0. The van der Waals surface area contributed by atoms with Crippen molar-refractivity contribution in [3.63, 3.8) is 0 Å². The Labute approximate surface area is 138 Å². The molecule has 1 aliphatic carbocycles. The normalized spacial score (nSPS) is 16.4. The molecule has 1 aromatic rings. The van der Waals surface area contributed by atoms with Gasteiger partial charge in [0.25, 0.3) is 0 Å². The molecule has 1 amide bonds. The molecule has 0 aromatic heterocycles. The van der Waals surface area contributed by atoms with Gasteiger partial charge < -0.3 is 9.84 Å². The molecule has 6 nitrogen and oxygen atoms in total. The predicted octanol–water partition coefficient (Wildman–Crippen LogP) is 3.37. The SMILES string of the molecule is CC(C)(C)OC(=O)Nc1ccc(Cl)cc1C1(C(=O)O)CC(=O)C1. The first-order valence-corrected chi connectivity index (χ1v) is 7.46. The van der Waals surface area contributed by atoms with Gasteiger partial charge in [-0.2, -0.15) is 0 Å². The third-order valence-corrected chi connectivity index (χ3v) is 3.78. The molecule has 1 saturated carbocycles. The lowest BCUT2D eigenvalue weighted by Gasteiger charge is -2.38. The van der Waals surface area contributed by atoms with Crippen LogP contribution in [0.3, 0.4) is 0 Å². The number of Topliss-reactive ketones (excluding diaryl/α,β-unsaturated/α-hetero) is 1. The van der Waals surface area contributed by atoms with Gasteiger partial charge in [0.15, 0.2) is 0 Å². The molecule has 23 heavy (non-hydrogen) atoms. The van der Waals surface area contributed by atoms with Crippen LogP contribution in [0.25, 0.3) is 0 Å². The van der Waals surface area contributed by atoms with Crippen LogP contribution in [0.4, 0.5) is 10.5 Å². The Morgan fingerprint density at radius 1 is 1.30 bits per heavy atom. The zero-order chi connectivity index (χ0) is 17.4. The minimum absolute atomic E-state index is 0.119. The smallest absolute Gasteiger partial charge is 0.412 e. The van der Waals surface area contributed by atoms with E-state index in [-0.39, 0.29) is 24.3 Å². The van der Waals surface area contributed by atoms with Gasteiger partial charge in [-0.3, -0.25) is 14.9 Å². The number of anilines is 1. The van der Waals surface area contributed by atoms with E-state index in [1.54, 1.807) is 20.8 Å². The molecule has 0 saturated heterocycles. The number of carboxylic acids is 1. The molecule has 2 N–H and O–H groups in total. The number of carbonyl (C=O) groups is 3. The molecule has 0 aliphatic heterocycles. The van der Waals surface area contributed by atoms with Crippen LogP contribution in [-0.2, 0) is 19.7 Å². The maximum Gasteiger partial charge on any atom is 0.412 e. The number of ketones is 1. The van der Waals surface area contributed by atoms with E-state index in [9.17, 15) is 19.5 Å². The highest BCUT2D eigenvalue weighted by molar-refractivity contribution is 6.30. The number of hydrogen-bond acceptors (Lipinski definition) is 4. The van der Waals surface area contributed by atoms with Crippen molar-refractivity contribution in [1.29, 1.82) is 0 Å². The van der Waals surface area contributed by atoms with Crippen LogP contribution >= 0.6 is 11.6 Å². The standard InChI is InChI=1S/C16H18ClNO5/c1-15(2,3)23-14(22)18-12-5-4-9(17)6-11(12)16(13(20)21)7-10(19)8-16/h4-6H,7-8H2,1-3H3,(H,18,22)(H,20,21). The summed E-state index contributed by atoms with van der Waals surface area (Å²) in [6, 6.07) is 4.51. The number of hydrogen-bond donors (Lipinski definition) is 2. The van der Waals surface area contributed by atoms with Crippen LogP contribution in [0.5, 0.6) is 0 Å². The number of carboxylic acid groups (broad SMARTS) is 1. The lowest BCUT2D eigenvalue weighted by molar-refractivity contribution is -0.153. The van der Waals surface area contributed by atoms with Crippen molar-refractivity contribution >= 4 is 35.1 Å². The molecule has 7 heteroatoms. The summed E-state index contributed by atoms with van der Waals surface area (Å²) in [5, 5.41) is 12.4. The van der Waals surface area contributed by atoms with E-state index < -0.39 is 23.1 Å². The maximum absolute atomic E-state index is 12.0. The fourth-order valence-electron chi connectivity index (χ4n) is 2.51. The van der Waals surface area contributed by atoms with Crippen molar-refractivity contribution in [3.05, 3.63) is 28.8 Å². The summed E-state index contributed by atoms with van der Waals surface area (Å²) in [5.41, 5.74) is -1.46. The van der Waals surface area contributed by atoms with E-state index in [2.05, 4.69) is 5.32 Å². The van der Waals surface area contributed by atoms with Crippen molar-refractivity contribution in [2.24, 2.45) is 0 Å². The maximum atomic E-state index is 12.0. The highest BCUT2D eigenvalue weighted by Crippen LogP contribution is 2.45. The van der Waals surface area contributed by atoms with Crippen LogP contribution in [0.1, 0.15) is 39.2 Å². The Morgan fingerprint density at radius 2 is 1.91 bits per heavy atom. The van der Waals surface area contributed by atoms with E-state index in [0.29, 0.717) is 10.6 Å². The number of aliphatic carboxylic acids is 1. The summed E-state index contributed by atoms with van der Waals surface area (Å²) < 4.78 is 5.18. The molecule has 0 spiro atoms. The van der Waals surface area contributed by atoms with Gasteiger partial charge in [0.2, 0.25) is 0 Å². The summed E-state index contributed by atoms with van der Waals surface area (Å²) in [7, 11) is 0. The van der Waals surface area contributed by atoms with Crippen molar-refractivity contribution in [2.75, 3.05) is 5.32 Å². The van der Waals surface area contributed by atoms with Gasteiger partial charge in [0.05, 0.1) is 0 Å².